The zero-order valence-corrected chi connectivity index (χ0v) is 33.5. The smallest absolute Gasteiger partial charge is 0.493 e. The van der Waals surface area contributed by atoms with E-state index in [9.17, 15) is 23.1 Å². The number of halogens is 4. The maximum absolute atomic E-state index is 13.1. The Balaban J connectivity index is 1.01. The summed E-state index contributed by atoms with van der Waals surface area (Å²) in [5.74, 6) is 2.33. The number of aryl methyl sites for hydroxylation is 1. The molecule has 0 bridgehead atoms. The lowest BCUT2D eigenvalue weighted by molar-refractivity contribution is -0.345. The third-order valence-corrected chi connectivity index (χ3v) is 13.6. The van der Waals surface area contributed by atoms with Crippen LogP contribution in [0.15, 0.2) is 48.7 Å². The van der Waals surface area contributed by atoms with Crippen LogP contribution in [0, 0.1) is 11.8 Å². The largest absolute Gasteiger partial charge is 0.522 e. The standard InChI is InChI=1S/C44H53ClF3N3O6/c1-27(25-54-37-9-16-49-36-8-3-5-28(2)40(36)37)19-30-20-29-21-38-39(56-34(26-55-38)24-51-17-10-33(11-18-51)57-44(46,47)48)23-35(29)42(30)12-14-43(15-13-42,41(52)53)50-32-7-4-6-31(45)22-32/h4,6-7,9,16,21-23,27-28,30,33-34,50H,3,5,8,10-15,17-20,24-26H2,1-2H3,(H,52,53)/t27-,28-,30+,34-,42?,43?/m1/s1. The summed E-state index contributed by atoms with van der Waals surface area (Å²) < 4.78 is 62.1. The zero-order valence-electron chi connectivity index (χ0n) is 32.7. The third-order valence-electron chi connectivity index (χ3n) is 13.4. The number of aliphatic carboxylic acids is 1. The van der Waals surface area contributed by atoms with Gasteiger partial charge in [-0.05, 0) is 141 Å². The van der Waals surface area contributed by atoms with Gasteiger partial charge in [0, 0.05) is 47.8 Å². The number of pyridine rings is 1. The van der Waals surface area contributed by atoms with Crippen LogP contribution in [-0.2, 0) is 27.8 Å². The Labute approximate surface area is 337 Å². The van der Waals surface area contributed by atoms with E-state index in [1.165, 1.54) is 16.7 Å². The fourth-order valence-corrected chi connectivity index (χ4v) is 10.7. The number of hydrogen-bond acceptors (Lipinski definition) is 8. The maximum atomic E-state index is 13.1. The van der Waals surface area contributed by atoms with Gasteiger partial charge in [0.25, 0.3) is 0 Å². The van der Waals surface area contributed by atoms with Crippen molar-refractivity contribution in [3.63, 3.8) is 0 Å². The van der Waals surface area contributed by atoms with Crippen LogP contribution < -0.4 is 19.5 Å². The van der Waals surface area contributed by atoms with Crippen LogP contribution in [0.25, 0.3) is 0 Å². The highest BCUT2D eigenvalue weighted by molar-refractivity contribution is 6.30. The highest BCUT2D eigenvalue weighted by atomic mass is 35.5. The number of alkyl halides is 3. The van der Waals surface area contributed by atoms with Crippen molar-refractivity contribution in [3.8, 4) is 17.2 Å². The Kier molecular flexibility index (Phi) is 11.3. The second kappa shape index (κ2) is 16.1. The van der Waals surface area contributed by atoms with Crippen molar-refractivity contribution in [2.24, 2.45) is 11.8 Å². The van der Waals surface area contributed by atoms with Crippen molar-refractivity contribution in [2.75, 3.05) is 38.2 Å². The Morgan fingerprint density at radius 1 is 1.11 bits per heavy atom. The van der Waals surface area contributed by atoms with Crippen LogP contribution >= 0.6 is 11.6 Å². The lowest BCUT2D eigenvalue weighted by Gasteiger charge is -2.47. The minimum absolute atomic E-state index is 0.233. The Bertz CT molecular complexity index is 1930. The molecule has 2 aliphatic heterocycles. The number of carboxylic acid groups (broad SMARTS) is 1. The lowest BCUT2D eigenvalue weighted by atomic mass is 9.59. The molecule has 1 spiro atoms. The van der Waals surface area contributed by atoms with Crippen LogP contribution in [0.1, 0.15) is 99.9 Å². The molecule has 2 fully saturated rings. The molecule has 57 heavy (non-hydrogen) atoms. The predicted molar refractivity (Wildman–Crippen MR) is 211 cm³/mol. The first-order valence-electron chi connectivity index (χ1n) is 20.6. The summed E-state index contributed by atoms with van der Waals surface area (Å²) in [7, 11) is 0. The van der Waals surface area contributed by atoms with Gasteiger partial charge < -0.3 is 24.6 Å². The third kappa shape index (κ3) is 8.55. The fourth-order valence-electron chi connectivity index (χ4n) is 10.5. The Morgan fingerprint density at radius 3 is 2.63 bits per heavy atom. The molecule has 3 heterocycles. The molecular weight excluding hydrogens is 759 g/mol. The van der Waals surface area contributed by atoms with Crippen molar-refractivity contribution < 1.29 is 42.0 Å². The average Bonchev–Trinajstić information content (AvgIpc) is 3.44. The lowest BCUT2D eigenvalue weighted by Crippen LogP contribution is -2.53. The molecule has 1 saturated carbocycles. The molecule has 1 aromatic heterocycles. The summed E-state index contributed by atoms with van der Waals surface area (Å²) >= 11 is 6.30. The number of likely N-dealkylation sites (tertiary alicyclic amines) is 1. The summed E-state index contributed by atoms with van der Waals surface area (Å²) in [6, 6.07) is 13.5. The van der Waals surface area contributed by atoms with Gasteiger partial charge in [0.15, 0.2) is 11.5 Å². The molecule has 0 unspecified atom stereocenters. The summed E-state index contributed by atoms with van der Waals surface area (Å²) in [4.78, 5) is 19.9. The van der Waals surface area contributed by atoms with E-state index in [0.29, 0.717) is 99.5 Å². The number of fused-ring (bicyclic) bond motifs is 4. The average molecular weight is 812 g/mol. The van der Waals surface area contributed by atoms with Gasteiger partial charge in [0.05, 0.1) is 12.7 Å². The van der Waals surface area contributed by atoms with Gasteiger partial charge >= 0.3 is 12.3 Å². The number of hydrogen-bond donors (Lipinski definition) is 2. The molecule has 0 amide bonds. The summed E-state index contributed by atoms with van der Waals surface area (Å²) in [6.07, 6.45) is 3.95. The first-order valence-corrected chi connectivity index (χ1v) is 21.0. The summed E-state index contributed by atoms with van der Waals surface area (Å²) in [5.41, 5.74) is 4.06. The SMILES string of the molecule is C[C@@H](COc1ccnc2c1[C@H](C)CCC2)C[C@H]1Cc2cc3c(cc2C12CCC(Nc1cccc(Cl)c1)(C(=O)O)CC2)O[C@H](CN1CCC(OC(F)(F)F)CC1)CO3. The van der Waals surface area contributed by atoms with E-state index >= 15 is 0 Å². The van der Waals surface area contributed by atoms with Crippen LogP contribution in [0.5, 0.6) is 17.2 Å². The van der Waals surface area contributed by atoms with Crippen molar-refractivity contribution in [2.45, 2.75) is 120 Å². The van der Waals surface area contributed by atoms with Crippen LogP contribution in [0.3, 0.4) is 0 Å². The summed E-state index contributed by atoms with van der Waals surface area (Å²) in [5, 5.41) is 14.6. The van der Waals surface area contributed by atoms with Crippen molar-refractivity contribution in [3.05, 3.63) is 76.1 Å². The van der Waals surface area contributed by atoms with Crippen LogP contribution in [-0.4, -0.2) is 77.9 Å². The van der Waals surface area contributed by atoms with Gasteiger partial charge in [0.2, 0.25) is 0 Å². The number of rotatable bonds is 11. The molecule has 1 saturated heterocycles. The molecule has 3 aromatic rings. The molecule has 9 nitrogen and oxygen atoms in total. The van der Waals surface area contributed by atoms with E-state index in [1.54, 1.807) is 12.1 Å². The normalized spacial score (nSPS) is 28.1. The van der Waals surface area contributed by atoms with Gasteiger partial charge in [-0.2, -0.15) is 0 Å². The van der Waals surface area contributed by atoms with E-state index < -0.39 is 24.0 Å². The number of anilines is 1. The van der Waals surface area contributed by atoms with E-state index in [2.05, 4.69) is 45.9 Å². The van der Waals surface area contributed by atoms with E-state index in [1.807, 2.05) is 24.4 Å². The molecule has 0 radical (unpaired) electrons. The molecular formula is C44H53ClF3N3O6. The summed E-state index contributed by atoms with van der Waals surface area (Å²) in [6.45, 7) is 6.94. The van der Waals surface area contributed by atoms with Gasteiger partial charge in [-0.1, -0.05) is 31.5 Å². The Morgan fingerprint density at radius 2 is 1.89 bits per heavy atom. The molecule has 3 aliphatic carbocycles. The zero-order chi connectivity index (χ0) is 40.0. The van der Waals surface area contributed by atoms with E-state index in [0.717, 1.165) is 43.5 Å². The molecule has 2 N–H and O–H groups in total. The van der Waals surface area contributed by atoms with Gasteiger partial charge in [-0.15, -0.1) is 13.2 Å². The van der Waals surface area contributed by atoms with Gasteiger partial charge in [-0.25, -0.2) is 4.79 Å². The van der Waals surface area contributed by atoms with Gasteiger partial charge in [0.1, 0.15) is 24.0 Å². The molecule has 5 aliphatic rings. The van der Waals surface area contributed by atoms with Crippen LogP contribution in [0.4, 0.5) is 18.9 Å². The molecule has 4 atom stereocenters. The van der Waals surface area contributed by atoms with E-state index in [-0.39, 0.29) is 23.4 Å². The first kappa shape index (κ1) is 40.1. The fraction of sp³-hybridized carbons (Fsp3) is 0.591. The number of carboxylic acids is 1. The van der Waals surface area contributed by atoms with E-state index in [4.69, 9.17) is 25.8 Å². The number of aromatic nitrogens is 1. The predicted octanol–water partition coefficient (Wildman–Crippen LogP) is 9.34. The number of nitrogens with zero attached hydrogens (tertiary/aromatic N) is 2. The molecule has 13 heteroatoms. The van der Waals surface area contributed by atoms with Crippen molar-refractivity contribution in [1.82, 2.24) is 9.88 Å². The van der Waals surface area contributed by atoms with Crippen LogP contribution in [0.2, 0.25) is 5.02 Å². The minimum atomic E-state index is -4.63. The Hall–Kier alpha value is -3.74. The molecule has 8 rings (SSSR count). The quantitative estimate of drug-likeness (QED) is 0.196. The highest BCUT2D eigenvalue weighted by Gasteiger charge is 2.54. The number of ether oxygens (including phenoxy) is 4. The maximum Gasteiger partial charge on any atom is 0.522 e. The number of piperidine rings is 1. The van der Waals surface area contributed by atoms with Gasteiger partial charge in [-0.3, -0.25) is 14.6 Å². The monoisotopic (exact) mass is 811 g/mol. The second-order valence-corrected chi connectivity index (χ2v) is 17.7. The molecule has 2 aromatic carbocycles. The van der Waals surface area contributed by atoms with Crippen molar-refractivity contribution in [1.29, 1.82) is 0 Å². The number of nitrogens with one attached hydrogen (secondary N) is 1. The van der Waals surface area contributed by atoms with Crippen molar-refractivity contribution >= 4 is 23.3 Å². The highest BCUT2D eigenvalue weighted by Crippen LogP contribution is 2.58. The topological polar surface area (TPSA) is 102 Å². The molecule has 308 valence electrons. The minimum Gasteiger partial charge on any atom is -0.493 e. The first-order chi connectivity index (χ1) is 27.3. The number of carbonyl (C=O) groups is 1. The number of benzene rings is 2. The second-order valence-electron chi connectivity index (χ2n) is 17.3.